The standard InChI is InChI=1S/C25H27N3O5S/c26-17-19-4-7-21(8-5-19)34(30,31)28-14-12-27(13-15-28)24(29)25(10-2-1-3-11-25)20-6-9-22-23(16-20)33-18-32-22/h4-9,16H,1-3,10-15,18H2. The summed E-state index contributed by atoms with van der Waals surface area (Å²) in [7, 11) is -3.68. The number of benzene rings is 2. The van der Waals surface area contributed by atoms with Gasteiger partial charge in [0.15, 0.2) is 11.5 Å². The number of sulfonamides is 1. The predicted molar refractivity (Wildman–Crippen MR) is 124 cm³/mol. The minimum atomic E-state index is -3.68. The molecule has 5 rings (SSSR count). The van der Waals surface area contributed by atoms with Gasteiger partial charge in [-0.15, -0.1) is 0 Å². The maximum atomic E-state index is 13.9. The highest BCUT2D eigenvalue weighted by molar-refractivity contribution is 7.89. The van der Waals surface area contributed by atoms with E-state index in [0.29, 0.717) is 30.2 Å². The SMILES string of the molecule is N#Cc1ccc(S(=O)(=O)N2CCN(C(=O)C3(c4ccc5c(c4)OCO5)CCCCC3)CC2)cc1. The number of fused-ring (bicyclic) bond motifs is 1. The Morgan fingerprint density at radius 2 is 1.59 bits per heavy atom. The lowest BCUT2D eigenvalue weighted by Crippen LogP contribution is -2.56. The summed E-state index contributed by atoms with van der Waals surface area (Å²) in [4.78, 5) is 15.9. The molecule has 2 heterocycles. The van der Waals surface area contributed by atoms with E-state index >= 15 is 0 Å². The fourth-order valence-electron chi connectivity index (χ4n) is 5.26. The summed E-state index contributed by atoms with van der Waals surface area (Å²) in [6.07, 6.45) is 4.61. The number of carbonyl (C=O) groups is 1. The van der Waals surface area contributed by atoms with Gasteiger partial charge in [-0.05, 0) is 54.8 Å². The normalized spacial score (nSPS) is 20.0. The van der Waals surface area contributed by atoms with Gasteiger partial charge in [0.1, 0.15) is 0 Å². The second-order valence-electron chi connectivity index (χ2n) is 9.04. The monoisotopic (exact) mass is 481 g/mol. The Morgan fingerprint density at radius 3 is 2.26 bits per heavy atom. The molecule has 0 spiro atoms. The van der Waals surface area contributed by atoms with Crippen LogP contribution in [-0.4, -0.2) is 56.5 Å². The van der Waals surface area contributed by atoms with Gasteiger partial charge in [-0.25, -0.2) is 8.42 Å². The van der Waals surface area contributed by atoms with Crippen molar-refractivity contribution in [1.82, 2.24) is 9.21 Å². The molecule has 0 aromatic heterocycles. The zero-order valence-electron chi connectivity index (χ0n) is 18.9. The van der Waals surface area contributed by atoms with E-state index in [-0.39, 0.29) is 30.7 Å². The van der Waals surface area contributed by atoms with Crippen LogP contribution in [0.15, 0.2) is 47.4 Å². The van der Waals surface area contributed by atoms with Crippen molar-refractivity contribution in [3.8, 4) is 17.6 Å². The maximum Gasteiger partial charge on any atom is 0.243 e. The minimum Gasteiger partial charge on any atom is -0.454 e. The van der Waals surface area contributed by atoms with Crippen LogP contribution in [0.5, 0.6) is 11.5 Å². The highest BCUT2D eigenvalue weighted by atomic mass is 32.2. The summed E-state index contributed by atoms with van der Waals surface area (Å²) < 4.78 is 38.6. The number of hydrogen-bond donors (Lipinski definition) is 0. The number of amides is 1. The van der Waals surface area contributed by atoms with Crippen molar-refractivity contribution in [2.24, 2.45) is 0 Å². The van der Waals surface area contributed by atoms with Crippen LogP contribution in [0.1, 0.15) is 43.2 Å². The largest absolute Gasteiger partial charge is 0.454 e. The number of ether oxygens (including phenoxy) is 2. The first kappa shape index (κ1) is 22.7. The molecule has 0 bridgehead atoms. The summed E-state index contributed by atoms with van der Waals surface area (Å²) in [5.74, 6) is 1.44. The molecule has 34 heavy (non-hydrogen) atoms. The van der Waals surface area contributed by atoms with E-state index in [2.05, 4.69) is 0 Å². The average Bonchev–Trinajstić information content (AvgIpc) is 3.37. The number of hydrogen-bond acceptors (Lipinski definition) is 6. The van der Waals surface area contributed by atoms with E-state index < -0.39 is 15.4 Å². The van der Waals surface area contributed by atoms with E-state index in [4.69, 9.17) is 14.7 Å². The van der Waals surface area contributed by atoms with Crippen LogP contribution in [-0.2, 0) is 20.2 Å². The topological polar surface area (TPSA) is 99.9 Å². The second kappa shape index (κ2) is 8.93. The predicted octanol–water partition coefficient (Wildman–Crippen LogP) is 3.02. The van der Waals surface area contributed by atoms with Crippen molar-refractivity contribution in [3.05, 3.63) is 53.6 Å². The summed E-state index contributed by atoms with van der Waals surface area (Å²) in [6.45, 7) is 1.37. The number of piperazine rings is 1. The van der Waals surface area contributed by atoms with Crippen LogP contribution in [0.4, 0.5) is 0 Å². The highest BCUT2D eigenvalue weighted by Gasteiger charge is 2.45. The molecule has 2 aliphatic heterocycles. The van der Waals surface area contributed by atoms with Gasteiger partial charge in [0.05, 0.1) is 21.9 Å². The molecule has 0 radical (unpaired) electrons. The van der Waals surface area contributed by atoms with Crippen molar-refractivity contribution in [3.63, 3.8) is 0 Å². The van der Waals surface area contributed by atoms with Crippen LogP contribution in [0.25, 0.3) is 0 Å². The van der Waals surface area contributed by atoms with E-state index in [1.165, 1.54) is 28.6 Å². The molecule has 3 aliphatic rings. The third-order valence-electron chi connectivity index (χ3n) is 7.19. The Balaban J connectivity index is 1.34. The van der Waals surface area contributed by atoms with E-state index in [1.54, 1.807) is 0 Å². The van der Waals surface area contributed by atoms with Gasteiger partial charge < -0.3 is 14.4 Å². The van der Waals surface area contributed by atoms with E-state index in [0.717, 1.165) is 37.7 Å². The zero-order valence-corrected chi connectivity index (χ0v) is 19.7. The van der Waals surface area contributed by atoms with Crippen LogP contribution >= 0.6 is 0 Å². The van der Waals surface area contributed by atoms with Gasteiger partial charge in [0.25, 0.3) is 0 Å². The molecule has 0 atom stereocenters. The first-order valence-corrected chi connectivity index (χ1v) is 13.1. The molecule has 2 aromatic carbocycles. The van der Waals surface area contributed by atoms with E-state index in [9.17, 15) is 13.2 Å². The van der Waals surface area contributed by atoms with Crippen LogP contribution in [0.2, 0.25) is 0 Å². The number of rotatable bonds is 4. The van der Waals surface area contributed by atoms with Gasteiger partial charge in [-0.2, -0.15) is 9.57 Å². The molecule has 8 nitrogen and oxygen atoms in total. The van der Waals surface area contributed by atoms with Gasteiger partial charge in [-0.3, -0.25) is 4.79 Å². The summed E-state index contributed by atoms with van der Waals surface area (Å²) in [5, 5.41) is 8.96. The van der Waals surface area contributed by atoms with Crippen molar-refractivity contribution in [1.29, 1.82) is 5.26 Å². The van der Waals surface area contributed by atoms with Crippen LogP contribution in [0, 0.1) is 11.3 Å². The fourth-order valence-corrected chi connectivity index (χ4v) is 6.68. The van der Waals surface area contributed by atoms with Crippen molar-refractivity contribution in [2.75, 3.05) is 33.0 Å². The molecule has 178 valence electrons. The third kappa shape index (κ3) is 3.91. The Bertz CT molecular complexity index is 1220. The second-order valence-corrected chi connectivity index (χ2v) is 11.0. The summed E-state index contributed by atoms with van der Waals surface area (Å²) >= 11 is 0. The zero-order chi connectivity index (χ0) is 23.8. The maximum absolute atomic E-state index is 13.9. The quantitative estimate of drug-likeness (QED) is 0.666. The molecular weight excluding hydrogens is 454 g/mol. The number of nitriles is 1. The molecule has 2 aromatic rings. The van der Waals surface area contributed by atoms with Crippen LogP contribution in [0.3, 0.4) is 0 Å². The first-order valence-electron chi connectivity index (χ1n) is 11.6. The molecule has 0 unspecified atom stereocenters. The lowest BCUT2D eigenvalue weighted by Gasteiger charge is -2.43. The van der Waals surface area contributed by atoms with Crippen molar-refractivity contribution >= 4 is 15.9 Å². The average molecular weight is 482 g/mol. The Kier molecular flexibility index (Phi) is 5.96. The lowest BCUT2D eigenvalue weighted by molar-refractivity contribution is -0.140. The molecule has 1 aliphatic carbocycles. The molecule has 1 saturated carbocycles. The molecule has 2 fully saturated rings. The Morgan fingerprint density at radius 1 is 0.912 bits per heavy atom. The van der Waals surface area contributed by atoms with Crippen molar-refractivity contribution in [2.45, 2.75) is 42.4 Å². The molecule has 1 amide bonds. The van der Waals surface area contributed by atoms with Gasteiger partial charge in [0, 0.05) is 26.2 Å². The minimum absolute atomic E-state index is 0.0708. The summed E-state index contributed by atoms with van der Waals surface area (Å²) in [5.41, 5.74) is 0.748. The third-order valence-corrected chi connectivity index (χ3v) is 9.10. The lowest BCUT2D eigenvalue weighted by atomic mass is 9.68. The highest BCUT2D eigenvalue weighted by Crippen LogP contribution is 2.44. The Labute approximate surface area is 199 Å². The van der Waals surface area contributed by atoms with Gasteiger partial charge >= 0.3 is 0 Å². The van der Waals surface area contributed by atoms with Gasteiger partial charge in [-0.1, -0.05) is 25.3 Å². The first-order chi connectivity index (χ1) is 16.4. The Hall–Kier alpha value is -3.09. The number of carbonyl (C=O) groups excluding carboxylic acids is 1. The van der Waals surface area contributed by atoms with E-state index in [1.807, 2.05) is 29.2 Å². The fraction of sp³-hybridized carbons (Fsp3) is 0.440. The molecule has 9 heteroatoms. The van der Waals surface area contributed by atoms with Gasteiger partial charge in [0.2, 0.25) is 22.7 Å². The number of nitrogens with zero attached hydrogens (tertiary/aromatic N) is 3. The summed E-state index contributed by atoms with van der Waals surface area (Å²) in [6, 6.07) is 13.7. The smallest absolute Gasteiger partial charge is 0.243 e. The molecule has 0 N–H and O–H groups in total. The van der Waals surface area contributed by atoms with Crippen molar-refractivity contribution < 1.29 is 22.7 Å². The molecule has 1 saturated heterocycles. The molecular formula is C25H27N3O5S. The van der Waals surface area contributed by atoms with Crippen LogP contribution < -0.4 is 9.47 Å².